The Morgan fingerprint density at radius 2 is 2.00 bits per heavy atom. The van der Waals surface area contributed by atoms with E-state index >= 15 is 0 Å². The molecule has 0 heterocycles. The Bertz CT molecular complexity index is 462. The van der Waals surface area contributed by atoms with E-state index in [0.717, 1.165) is 11.3 Å². The van der Waals surface area contributed by atoms with Crippen LogP contribution in [0.3, 0.4) is 0 Å². The predicted molar refractivity (Wildman–Crippen MR) is 72.4 cm³/mol. The van der Waals surface area contributed by atoms with Crippen molar-refractivity contribution in [3.63, 3.8) is 0 Å². The second-order valence-electron chi connectivity index (χ2n) is 3.74. The standard InChI is InChI=1S/C11H17NO3S.K.H/c1-4-12(10(3)16(13,14)15)11-7-5-6-9(2)8-11;;/h5-8,10H,4H2,1-3H3,(H,13,14,15);;. The molecule has 0 aliphatic rings. The first-order valence-corrected chi connectivity index (χ1v) is 6.66. The van der Waals surface area contributed by atoms with Gasteiger partial charge in [-0.05, 0) is 38.5 Å². The fraction of sp³-hybridized carbons (Fsp3) is 0.455. The minimum absolute atomic E-state index is 0. The van der Waals surface area contributed by atoms with E-state index in [0.29, 0.717) is 6.54 Å². The van der Waals surface area contributed by atoms with Gasteiger partial charge in [0.2, 0.25) is 0 Å². The molecule has 1 unspecified atom stereocenters. The van der Waals surface area contributed by atoms with Crippen LogP contribution in [0.4, 0.5) is 5.69 Å². The van der Waals surface area contributed by atoms with Gasteiger partial charge in [0, 0.05) is 12.2 Å². The fourth-order valence-electron chi connectivity index (χ4n) is 1.62. The van der Waals surface area contributed by atoms with E-state index in [9.17, 15) is 8.42 Å². The molecule has 0 saturated carbocycles. The van der Waals surface area contributed by atoms with Crippen LogP contribution in [-0.2, 0) is 10.1 Å². The summed E-state index contributed by atoms with van der Waals surface area (Å²) in [6.07, 6.45) is 0. The van der Waals surface area contributed by atoms with Crippen LogP contribution in [0.2, 0.25) is 0 Å². The molecule has 1 atom stereocenters. The van der Waals surface area contributed by atoms with Crippen LogP contribution in [-0.4, -0.2) is 76.3 Å². The molecular formula is C11H18KNO3S. The Kier molecular flexibility index (Phi) is 7.47. The molecular weight excluding hydrogens is 265 g/mol. The van der Waals surface area contributed by atoms with Crippen molar-refractivity contribution in [3.8, 4) is 0 Å². The van der Waals surface area contributed by atoms with Crippen LogP contribution in [0, 0.1) is 6.92 Å². The van der Waals surface area contributed by atoms with Crippen LogP contribution in [0.25, 0.3) is 0 Å². The normalized spacial score (nSPS) is 12.7. The summed E-state index contributed by atoms with van der Waals surface area (Å²) in [5, 5.41) is -0.931. The number of hydrogen-bond donors (Lipinski definition) is 1. The first kappa shape index (κ1) is 17.6. The van der Waals surface area contributed by atoms with Gasteiger partial charge < -0.3 is 4.90 Å². The van der Waals surface area contributed by atoms with E-state index in [1.54, 1.807) is 4.90 Å². The summed E-state index contributed by atoms with van der Waals surface area (Å²) in [5.74, 6) is 0. The first-order valence-electron chi connectivity index (χ1n) is 5.16. The number of aryl methyl sites for hydroxylation is 1. The van der Waals surface area contributed by atoms with Gasteiger partial charge in [-0.2, -0.15) is 8.42 Å². The second-order valence-corrected chi connectivity index (χ2v) is 5.45. The van der Waals surface area contributed by atoms with Crippen LogP contribution >= 0.6 is 0 Å². The molecule has 1 aromatic rings. The van der Waals surface area contributed by atoms with E-state index < -0.39 is 15.5 Å². The molecule has 1 aromatic carbocycles. The summed E-state index contributed by atoms with van der Waals surface area (Å²) in [6.45, 7) is 5.78. The van der Waals surface area contributed by atoms with Gasteiger partial charge in [-0.1, -0.05) is 12.1 Å². The summed E-state index contributed by atoms with van der Waals surface area (Å²) < 4.78 is 31.3. The van der Waals surface area contributed by atoms with Crippen molar-refractivity contribution in [3.05, 3.63) is 29.8 Å². The molecule has 92 valence electrons. The fourth-order valence-corrected chi connectivity index (χ4v) is 2.21. The van der Waals surface area contributed by atoms with Crippen molar-refractivity contribution < 1.29 is 13.0 Å². The van der Waals surface area contributed by atoms with Crippen molar-refractivity contribution in [2.45, 2.75) is 26.1 Å². The third-order valence-electron chi connectivity index (χ3n) is 2.54. The van der Waals surface area contributed by atoms with E-state index in [4.69, 9.17) is 4.55 Å². The molecule has 0 bridgehead atoms. The topological polar surface area (TPSA) is 57.6 Å². The SMILES string of the molecule is CCN(c1cccc(C)c1)C(C)S(=O)(=O)O.[KH]. The molecule has 0 saturated heterocycles. The summed E-state index contributed by atoms with van der Waals surface area (Å²) in [5.41, 5.74) is 1.85. The van der Waals surface area contributed by atoms with E-state index in [-0.39, 0.29) is 51.4 Å². The zero-order chi connectivity index (χ0) is 12.3. The van der Waals surface area contributed by atoms with Gasteiger partial charge in [0.05, 0.1) is 0 Å². The third-order valence-corrected chi connectivity index (χ3v) is 3.66. The number of nitrogens with zero attached hydrogens (tertiary/aromatic N) is 1. The molecule has 0 aromatic heterocycles. The number of benzene rings is 1. The molecule has 0 fully saturated rings. The van der Waals surface area contributed by atoms with E-state index in [1.165, 1.54) is 6.92 Å². The Hall–Kier alpha value is 0.566. The Morgan fingerprint density at radius 1 is 1.41 bits per heavy atom. The van der Waals surface area contributed by atoms with Crippen LogP contribution in [0.1, 0.15) is 19.4 Å². The molecule has 0 amide bonds. The molecule has 0 aliphatic heterocycles. The van der Waals surface area contributed by atoms with Crippen LogP contribution < -0.4 is 4.90 Å². The first-order chi connectivity index (χ1) is 7.36. The number of rotatable bonds is 4. The van der Waals surface area contributed by atoms with Crippen LogP contribution in [0.5, 0.6) is 0 Å². The summed E-state index contributed by atoms with van der Waals surface area (Å²) in [4.78, 5) is 1.64. The summed E-state index contributed by atoms with van der Waals surface area (Å²) >= 11 is 0. The molecule has 0 radical (unpaired) electrons. The Labute approximate surface area is 146 Å². The average Bonchev–Trinajstić information content (AvgIpc) is 2.17. The van der Waals surface area contributed by atoms with Gasteiger partial charge in [0.25, 0.3) is 10.1 Å². The molecule has 6 heteroatoms. The van der Waals surface area contributed by atoms with Gasteiger partial charge in [0.15, 0.2) is 5.37 Å². The van der Waals surface area contributed by atoms with Gasteiger partial charge in [-0.15, -0.1) is 0 Å². The zero-order valence-electron chi connectivity index (χ0n) is 9.71. The Balaban J connectivity index is 0.00000256. The molecule has 4 nitrogen and oxygen atoms in total. The van der Waals surface area contributed by atoms with Crippen molar-refractivity contribution in [1.29, 1.82) is 0 Å². The minimum atomic E-state index is -4.05. The molecule has 17 heavy (non-hydrogen) atoms. The quantitative estimate of drug-likeness (QED) is 0.670. The van der Waals surface area contributed by atoms with Crippen molar-refractivity contribution in [2.75, 3.05) is 11.4 Å². The monoisotopic (exact) mass is 283 g/mol. The second kappa shape index (κ2) is 7.23. The van der Waals surface area contributed by atoms with Crippen LogP contribution in [0.15, 0.2) is 24.3 Å². The van der Waals surface area contributed by atoms with Gasteiger partial charge in [-0.25, -0.2) is 0 Å². The van der Waals surface area contributed by atoms with Gasteiger partial charge in [0.1, 0.15) is 0 Å². The molecule has 1 N–H and O–H groups in total. The van der Waals surface area contributed by atoms with Crippen molar-refractivity contribution in [1.82, 2.24) is 0 Å². The summed E-state index contributed by atoms with van der Waals surface area (Å²) in [6, 6.07) is 7.53. The molecule has 0 spiro atoms. The number of hydrogen-bond acceptors (Lipinski definition) is 3. The third kappa shape index (κ3) is 4.98. The average molecular weight is 283 g/mol. The van der Waals surface area contributed by atoms with Gasteiger partial charge in [-0.3, -0.25) is 4.55 Å². The van der Waals surface area contributed by atoms with Crippen molar-refractivity contribution >= 4 is 67.2 Å². The molecule has 0 aliphatic carbocycles. The molecule has 1 rings (SSSR count). The van der Waals surface area contributed by atoms with Gasteiger partial charge >= 0.3 is 51.4 Å². The maximum atomic E-state index is 11.1. The van der Waals surface area contributed by atoms with E-state index in [2.05, 4.69) is 0 Å². The summed E-state index contributed by atoms with van der Waals surface area (Å²) in [7, 11) is -4.05. The predicted octanol–water partition coefficient (Wildman–Crippen LogP) is 1.41. The van der Waals surface area contributed by atoms with Crippen molar-refractivity contribution in [2.24, 2.45) is 0 Å². The van der Waals surface area contributed by atoms with E-state index in [1.807, 2.05) is 38.1 Å². The zero-order valence-corrected chi connectivity index (χ0v) is 10.5. The number of anilines is 1. The maximum absolute atomic E-state index is 11.1. The Morgan fingerprint density at radius 3 is 2.41 bits per heavy atom.